The molecule has 0 saturated carbocycles. The van der Waals surface area contributed by atoms with Crippen LogP contribution in [0.25, 0.3) is 16.9 Å². The number of halogens is 1. The maximum absolute atomic E-state index is 13.4. The number of anilines is 1. The Bertz CT molecular complexity index is 1140. The molecule has 2 N–H and O–H groups in total. The number of nitrogens with one attached hydrogen (secondary N) is 1. The standard InChI is InChI=1S/C22H17FN4O2/c23-17-8-6-15(7-9-17)21-16(14-27(26-21)18-4-2-1-3-5-18)12-25-20-13-24-11-10-19(20)22(28)29/h1-11,13-14,25H,12H2,(H,28,29). The molecular formula is C22H17FN4O2. The van der Waals surface area contributed by atoms with E-state index in [-0.39, 0.29) is 11.4 Å². The molecule has 4 aromatic rings. The van der Waals surface area contributed by atoms with Gasteiger partial charge in [0.2, 0.25) is 0 Å². The van der Waals surface area contributed by atoms with Gasteiger partial charge < -0.3 is 10.4 Å². The largest absolute Gasteiger partial charge is 0.478 e. The van der Waals surface area contributed by atoms with E-state index in [2.05, 4.69) is 15.4 Å². The van der Waals surface area contributed by atoms with E-state index < -0.39 is 5.97 Å². The van der Waals surface area contributed by atoms with Crippen molar-refractivity contribution in [2.24, 2.45) is 0 Å². The molecule has 0 saturated heterocycles. The fourth-order valence-corrected chi connectivity index (χ4v) is 3.02. The summed E-state index contributed by atoms with van der Waals surface area (Å²) in [6.07, 6.45) is 4.78. The van der Waals surface area contributed by atoms with Gasteiger partial charge in [0.25, 0.3) is 0 Å². The van der Waals surface area contributed by atoms with E-state index in [4.69, 9.17) is 0 Å². The van der Waals surface area contributed by atoms with Crippen LogP contribution in [0.3, 0.4) is 0 Å². The smallest absolute Gasteiger partial charge is 0.337 e. The van der Waals surface area contributed by atoms with Crippen molar-refractivity contribution in [1.29, 1.82) is 0 Å². The van der Waals surface area contributed by atoms with Gasteiger partial charge in [-0.2, -0.15) is 5.10 Å². The van der Waals surface area contributed by atoms with E-state index in [1.165, 1.54) is 30.6 Å². The molecule has 144 valence electrons. The van der Waals surface area contributed by atoms with Crippen LogP contribution in [-0.2, 0) is 6.54 Å². The van der Waals surface area contributed by atoms with E-state index in [9.17, 15) is 14.3 Å². The Labute approximate surface area is 166 Å². The summed E-state index contributed by atoms with van der Waals surface area (Å²) < 4.78 is 15.1. The lowest BCUT2D eigenvalue weighted by Gasteiger charge is -2.09. The summed E-state index contributed by atoms with van der Waals surface area (Å²) in [6.45, 7) is 0.325. The van der Waals surface area contributed by atoms with Crippen LogP contribution < -0.4 is 5.32 Å². The Morgan fingerprint density at radius 1 is 1.07 bits per heavy atom. The Kier molecular flexibility index (Phi) is 5.03. The summed E-state index contributed by atoms with van der Waals surface area (Å²) >= 11 is 0. The molecule has 0 amide bonds. The third kappa shape index (κ3) is 3.98. The topological polar surface area (TPSA) is 80.0 Å². The maximum Gasteiger partial charge on any atom is 0.337 e. The van der Waals surface area contributed by atoms with Crippen molar-refractivity contribution in [3.05, 3.63) is 96.2 Å². The number of nitrogens with zero attached hydrogens (tertiary/aromatic N) is 3. The second-order valence-electron chi connectivity index (χ2n) is 6.37. The number of benzene rings is 2. The quantitative estimate of drug-likeness (QED) is 0.512. The lowest BCUT2D eigenvalue weighted by atomic mass is 10.1. The number of pyridine rings is 1. The third-order valence-corrected chi connectivity index (χ3v) is 4.45. The number of hydrogen-bond acceptors (Lipinski definition) is 4. The summed E-state index contributed by atoms with van der Waals surface area (Å²) in [4.78, 5) is 15.4. The summed E-state index contributed by atoms with van der Waals surface area (Å²) in [5.74, 6) is -1.36. The van der Waals surface area contributed by atoms with Crippen molar-refractivity contribution in [3.63, 3.8) is 0 Å². The summed E-state index contributed by atoms with van der Waals surface area (Å²) in [6, 6.07) is 17.2. The molecule has 0 aliphatic carbocycles. The molecule has 29 heavy (non-hydrogen) atoms. The number of carboxylic acids is 1. The number of rotatable bonds is 6. The van der Waals surface area contributed by atoms with Crippen molar-refractivity contribution >= 4 is 11.7 Å². The van der Waals surface area contributed by atoms with Gasteiger partial charge in [-0.25, -0.2) is 13.9 Å². The highest BCUT2D eigenvalue weighted by Gasteiger charge is 2.14. The number of aromatic nitrogens is 3. The van der Waals surface area contributed by atoms with Crippen LogP contribution in [0.5, 0.6) is 0 Å². The van der Waals surface area contributed by atoms with Gasteiger partial charge in [-0.3, -0.25) is 4.98 Å². The zero-order valence-electron chi connectivity index (χ0n) is 15.3. The predicted octanol–water partition coefficient (Wildman–Crippen LogP) is 4.38. The van der Waals surface area contributed by atoms with Crippen LogP contribution in [-0.4, -0.2) is 25.8 Å². The Hall–Kier alpha value is -4.00. The highest BCUT2D eigenvalue weighted by molar-refractivity contribution is 5.93. The molecule has 6 nitrogen and oxygen atoms in total. The minimum Gasteiger partial charge on any atom is -0.478 e. The van der Waals surface area contributed by atoms with Gasteiger partial charge in [-0.1, -0.05) is 18.2 Å². The normalized spacial score (nSPS) is 10.7. The first-order valence-electron chi connectivity index (χ1n) is 8.93. The number of carbonyl (C=O) groups is 1. The summed E-state index contributed by atoms with van der Waals surface area (Å²) in [5.41, 5.74) is 3.72. The molecule has 7 heteroatoms. The summed E-state index contributed by atoms with van der Waals surface area (Å²) in [5, 5.41) is 17.2. The van der Waals surface area contributed by atoms with Gasteiger partial charge in [0.15, 0.2) is 0 Å². The molecule has 0 spiro atoms. The molecular weight excluding hydrogens is 371 g/mol. The molecule has 2 aromatic carbocycles. The minimum absolute atomic E-state index is 0.138. The lowest BCUT2D eigenvalue weighted by molar-refractivity contribution is 0.0697. The van der Waals surface area contributed by atoms with E-state index in [0.29, 0.717) is 17.9 Å². The molecule has 2 aromatic heterocycles. The molecule has 0 aliphatic heterocycles. The molecule has 2 heterocycles. The van der Waals surface area contributed by atoms with Gasteiger partial charge in [0, 0.05) is 30.1 Å². The highest BCUT2D eigenvalue weighted by atomic mass is 19.1. The zero-order chi connectivity index (χ0) is 20.2. The first kappa shape index (κ1) is 18.4. The Morgan fingerprint density at radius 3 is 2.55 bits per heavy atom. The molecule has 0 atom stereocenters. The molecule has 0 bridgehead atoms. The molecule has 0 radical (unpaired) electrons. The van der Waals surface area contributed by atoms with E-state index in [0.717, 1.165) is 16.8 Å². The van der Waals surface area contributed by atoms with E-state index in [1.54, 1.807) is 16.8 Å². The van der Waals surface area contributed by atoms with Crippen molar-refractivity contribution in [2.45, 2.75) is 6.54 Å². The molecule has 0 aliphatic rings. The molecule has 0 fully saturated rings. The Balaban J connectivity index is 1.71. The van der Waals surface area contributed by atoms with Crippen molar-refractivity contribution in [3.8, 4) is 16.9 Å². The Morgan fingerprint density at radius 2 is 1.83 bits per heavy atom. The van der Waals surface area contributed by atoms with Gasteiger partial charge in [0.1, 0.15) is 5.82 Å². The molecule has 0 unspecified atom stereocenters. The van der Waals surface area contributed by atoms with Crippen molar-refractivity contribution in [1.82, 2.24) is 14.8 Å². The van der Waals surface area contributed by atoms with Crippen LogP contribution in [0.4, 0.5) is 10.1 Å². The number of para-hydroxylation sites is 1. The second-order valence-corrected chi connectivity index (χ2v) is 6.37. The highest BCUT2D eigenvalue weighted by Crippen LogP contribution is 2.25. The van der Waals surface area contributed by atoms with Crippen LogP contribution in [0.2, 0.25) is 0 Å². The third-order valence-electron chi connectivity index (χ3n) is 4.45. The monoisotopic (exact) mass is 388 g/mol. The van der Waals surface area contributed by atoms with Crippen LogP contribution in [0.15, 0.2) is 79.3 Å². The van der Waals surface area contributed by atoms with Gasteiger partial charge in [-0.15, -0.1) is 0 Å². The second kappa shape index (κ2) is 7.93. The average molecular weight is 388 g/mol. The minimum atomic E-state index is -1.03. The average Bonchev–Trinajstić information content (AvgIpc) is 3.18. The van der Waals surface area contributed by atoms with Crippen LogP contribution in [0, 0.1) is 5.82 Å². The molecule has 4 rings (SSSR count). The van der Waals surface area contributed by atoms with E-state index >= 15 is 0 Å². The van der Waals surface area contributed by atoms with Crippen molar-refractivity contribution < 1.29 is 14.3 Å². The van der Waals surface area contributed by atoms with Crippen LogP contribution >= 0.6 is 0 Å². The van der Waals surface area contributed by atoms with Crippen molar-refractivity contribution in [2.75, 3.05) is 5.32 Å². The zero-order valence-corrected chi connectivity index (χ0v) is 15.3. The fraction of sp³-hybridized carbons (Fsp3) is 0.0455. The SMILES string of the molecule is O=C(O)c1ccncc1NCc1cn(-c2ccccc2)nc1-c1ccc(F)cc1. The first-order valence-corrected chi connectivity index (χ1v) is 8.93. The van der Waals surface area contributed by atoms with Crippen LogP contribution in [0.1, 0.15) is 15.9 Å². The number of carboxylic acid groups (broad SMARTS) is 1. The van der Waals surface area contributed by atoms with Gasteiger partial charge >= 0.3 is 5.97 Å². The summed E-state index contributed by atoms with van der Waals surface area (Å²) in [7, 11) is 0. The van der Waals surface area contributed by atoms with Gasteiger partial charge in [0.05, 0.1) is 28.8 Å². The fourth-order valence-electron chi connectivity index (χ4n) is 3.02. The predicted molar refractivity (Wildman–Crippen MR) is 107 cm³/mol. The number of hydrogen-bond donors (Lipinski definition) is 2. The first-order chi connectivity index (χ1) is 14.1. The lowest BCUT2D eigenvalue weighted by Crippen LogP contribution is -2.07. The number of aromatic carboxylic acids is 1. The van der Waals surface area contributed by atoms with Gasteiger partial charge in [-0.05, 0) is 42.5 Å². The van der Waals surface area contributed by atoms with E-state index in [1.807, 2.05) is 36.5 Å². The maximum atomic E-state index is 13.4.